The third kappa shape index (κ3) is 3.72. The maximum absolute atomic E-state index is 12.7. The topological polar surface area (TPSA) is 57.6 Å². The Labute approximate surface area is 121 Å². The van der Waals surface area contributed by atoms with Crippen LogP contribution in [0.3, 0.4) is 0 Å². The zero-order chi connectivity index (χ0) is 14.5. The lowest BCUT2D eigenvalue weighted by atomic mass is 10.2. The average Bonchev–Trinajstić information content (AvgIpc) is 2.90. The fourth-order valence-corrected chi connectivity index (χ4v) is 3.09. The quantitative estimate of drug-likeness (QED) is 0.848. The van der Waals surface area contributed by atoms with Gasteiger partial charge in [0, 0.05) is 23.6 Å². The summed E-state index contributed by atoms with van der Waals surface area (Å²) in [5.74, 6) is -0.772. The molecule has 108 valence electrons. The van der Waals surface area contributed by atoms with E-state index >= 15 is 0 Å². The highest BCUT2D eigenvalue weighted by molar-refractivity contribution is 7.99. The predicted molar refractivity (Wildman–Crippen MR) is 74.1 cm³/mol. The van der Waals surface area contributed by atoms with Crippen LogP contribution in [0.2, 0.25) is 0 Å². The molecule has 1 fully saturated rings. The molecule has 6 heteroatoms. The molecule has 0 saturated carbocycles. The Bertz CT molecular complexity index is 492. The minimum Gasteiger partial charge on any atom is -0.480 e. The van der Waals surface area contributed by atoms with E-state index in [-0.39, 0.29) is 11.7 Å². The van der Waals surface area contributed by atoms with E-state index < -0.39 is 12.0 Å². The van der Waals surface area contributed by atoms with Crippen molar-refractivity contribution in [2.75, 3.05) is 12.3 Å². The molecule has 1 amide bonds. The van der Waals surface area contributed by atoms with Gasteiger partial charge in [0.15, 0.2) is 0 Å². The molecule has 0 bridgehead atoms. The fourth-order valence-electron chi connectivity index (χ4n) is 2.25. The van der Waals surface area contributed by atoms with Crippen LogP contribution < -0.4 is 0 Å². The molecule has 0 aromatic heterocycles. The summed E-state index contributed by atoms with van der Waals surface area (Å²) in [6.07, 6.45) is 1.58. The first kappa shape index (κ1) is 14.8. The number of nitrogens with zero attached hydrogens (tertiary/aromatic N) is 1. The highest BCUT2D eigenvalue weighted by Crippen LogP contribution is 2.22. The second-order valence-electron chi connectivity index (χ2n) is 4.64. The summed E-state index contributed by atoms with van der Waals surface area (Å²) in [6.45, 7) is 0.525. The molecule has 1 aliphatic rings. The van der Waals surface area contributed by atoms with Crippen LogP contribution in [-0.2, 0) is 9.59 Å². The van der Waals surface area contributed by atoms with E-state index in [0.29, 0.717) is 25.1 Å². The first-order chi connectivity index (χ1) is 9.58. The van der Waals surface area contributed by atoms with Crippen LogP contribution in [0.25, 0.3) is 0 Å². The molecule has 1 atom stereocenters. The monoisotopic (exact) mass is 297 g/mol. The van der Waals surface area contributed by atoms with E-state index in [1.165, 1.54) is 28.8 Å². The summed E-state index contributed by atoms with van der Waals surface area (Å²) >= 11 is 1.46. The SMILES string of the molecule is O=C(O)[C@H]1CCCN1C(=O)CCSc1ccc(F)cc1. The molecule has 1 N–H and O–H groups in total. The number of hydrogen-bond donors (Lipinski definition) is 1. The predicted octanol–water partition coefficient (Wildman–Crippen LogP) is 2.38. The lowest BCUT2D eigenvalue weighted by molar-refractivity contribution is -0.148. The number of amides is 1. The number of thioether (sulfide) groups is 1. The molecular formula is C14H16FNO3S. The van der Waals surface area contributed by atoms with Gasteiger partial charge in [0.1, 0.15) is 11.9 Å². The Morgan fingerprint density at radius 1 is 1.35 bits per heavy atom. The zero-order valence-corrected chi connectivity index (χ0v) is 11.7. The zero-order valence-electron chi connectivity index (χ0n) is 10.9. The van der Waals surface area contributed by atoms with Crippen molar-refractivity contribution in [3.05, 3.63) is 30.1 Å². The van der Waals surface area contributed by atoms with Crippen LogP contribution in [-0.4, -0.2) is 40.2 Å². The number of carbonyl (C=O) groups excluding carboxylic acids is 1. The summed E-state index contributed by atoms with van der Waals surface area (Å²) in [5, 5.41) is 9.03. The van der Waals surface area contributed by atoms with Gasteiger partial charge in [-0.3, -0.25) is 4.79 Å². The van der Waals surface area contributed by atoms with Gasteiger partial charge >= 0.3 is 5.97 Å². The van der Waals surface area contributed by atoms with Crippen LogP contribution in [0.1, 0.15) is 19.3 Å². The van der Waals surface area contributed by atoms with E-state index in [0.717, 1.165) is 11.3 Å². The second kappa shape index (κ2) is 6.74. The molecule has 0 radical (unpaired) electrons. The first-order valence-electron chi connectivity index (χ1n) is 6.48. The minimum atomic E-state index is -0.929. The summed E-state index contributed by atoms with van der Waals surface area (Å²) in [7, 11) is 0. The molecule has 1 aliphatic heterocycles. The Hall–Kier alpha value is -1.56. The van der Waals surface area contributed by atoms with Crippen LogP contribution >= 0.6 is 11.8 Å². The van der Waals surface area contributed by atoms with Crippen LogP contribution in [0.15, 0.2) is 29.2 Å². The van der Waals surface area contributed by atoms with Gasteiger partial charge in [-0.15, -0.1) is 11.8 Å². The van der Waals surface area contributed by atoms with E-state index in [4.69, 9.17) is 5.11 Å². The molecule has 1 aromatic rings. The summed E-state index contributed by atoms with van der Waals surface area (Å²) in [5.41, 5.74) is 0. The summed E-state index contributed by atoms with van der Waals surface area (Å²) in [6, 6.07) is 5.43. The van der Waals surface area contributed by atoms with Gasteiger partial charge < -0.3 is 10.0 Å². The first-order valence-corrected chi connectivity index (χ1v) is 7.47. The third-order valence-corrected chi connectivity index (χ3v) is 4.27. The smallest absolute Gasteiger partial charge is 0.326 e. The molecule has 4 nitrogen and oxygen atoms in total. The maximum Gasteiger partial charge on any atom is 0.326 e. The molecule has 2 rings (SSSR count). The van der Waals surface area contributed by atoms with Crippen molar-refractivity contribution in [1.29, 1.82) is 0 Å². The normalized spacial score (nSPS) is 18.2. The number of rotatable bonds is 5. The van der Waals surface area contributed by atoms with Crippen molar-refractivity contribution in [3.63, 3.8) is 0 Å². The number of carboxylic acid groups (broad SMARTS) is 1. The Morgan fingerprint density at radius 3 is 2.70 bits per heavy atom. The number of hydrogen-bond acceptors (Lipinski definition) is 3. The summed E-state index contributed by atoms with van der Waals surface area (Å²) in [4.78, 5) is 25.4. The molecule has 0 spiro atoms. The highest BCUT2D eigenvalue weighted by atomic mass is 32.2. The van der Waals surface area contributed by atoms with Crippen molar-refractivity contribution in [1.82, 2.24) is 4.90 Å². The number of carbonyl (C=O) groups is 2. The van der Waals surface area contributed by atoms with E-state index in [2.05, 4.69) is 0 Å². The average molecular weight is 297 g/mol. The van der Waals surface area contributed by atoms with Crippen LogP contribution in [0.5, 0.6) is 0 Å². The lowest BCUT2D eigenvalue weighted by Crippen LogP contribution is -2.40. The van der Waals surface area contributed by atoms with Crippen molar-refractivity contribution >= 4 is 23.6 Å². The molecule has 0 aliphatic carbocycles. The Morgan fingerprint density at radius 2 is 2.05 bits per heavy atom. The van der Waals surface area contributed by atoms with Crippen molar-refractivity contribution in [2.24, 2.45) is 0 Å². The fraction of sp³-hybridized carbons (Fsp3) is 0.429. The number of carboxylic acids is 1. The molecular weight excluding hydrogens is 281 g/mol. The maximum atomic E-state index is 12.7. The lowest BCUT2D eigenvalue weighted by Gasteiger charge is -2.21. The van der Waals surface area contributed by atoms with Gasteiger partial charge in [-0.1, -0.05) is 0 Å². The Kier molecular flexibility index (Phi) is 5.00. The van der Waals surface area contributed by atoms with Gasteiger partial charge in [-0.05, 0) is 37.1 Å². The number of aliphatic carboxylic acids is 1. The number of benzene rings is 1. The van der Waals surface area contributed by atoms with Crippen LogP contribution in [0.4, 0.5) is 4.39 Å². The molecule has 20 heavy (non-hydrogen) atoms. The van der Waals surface area contributed by atoms with Crippen molar-refractivity contribution in [3.8, 4) is 0 Å². The van der Waals surface area contributed by atoms with Gasteiger partial charge in [0.05, 0.1) is 0 Å². The molecule has 1 heterocycles. The Balaban J connectivity index is 1.80. The van der Waals surface area contributed by atoms with E-state index in [1.807, 2.05) is 0 Å². The standard InChI is InChI=1S/C14H16FNO3S/c15-10-3-5-11(6-4-10)20-9-7-13(17)16-8-1-2-12(16)14(18)19/h3-6,12H,1-2,7-9H2,(H,18,19)/t12-/m1/s1. The summed E-state index contributed by atoms with van der Waals surface area (Å²) < 4.78 is 12.7. The van der Waals surface area contributed by atoms with Crippen molar-refractivity contribution in [2.45, 2.75) is 30.2 Å². The molecule has 1 saturated heterocycles. The van der Waals surface area contributed by atoms with E-state index in [9.17, 15) is 14.0 Å². The minimum absolute atomic E-state index is 0.121. The van der Waals surface area contributed by atoms with Gasteiger partial charge in [-0.2, -0.15) is 0 Å². The number of halogens is 1. The van der Waals surface area contributed by atoms with E-state index in [1.54, 1.807) is 12.1 Å². The van der Waals surface area contributed by atoms with Crippen molar-refractivity contribution < 1.29 is 19.1 Å². The van der Waals surface area contributed by atoms with Gasteiger partial charge in [-0.25, -0.2) is 9.18 Å². The largest absolute Gasteiger partial charge is 0.480 e. The van der Waals surface area contributed by atoms with Gasteiger partial charge in [0.25, 0.3) is 0 Å². The molecule has 0 unspecified atom stereocenters. The molecule has 1 aromatic carbocycles. The highest BCUT2D eigenvalue weighted by Gasteiger charge is 2.33. The van der Waals surface area contributed by atoms with Gasteiger partial charge in [0.2, 0.25) is 5.91 Å². The third-order valence-electron chi connectivity index (χ3n) is 3.26. The number of likely N-dealkylation sites (tertiary alicyclic amines) is 1. The second-order valence-corrected chi connectivity index (χ2v) is 5.80. The van der Waals surface area contributed by atoms with Crippen LogP contribution in [0, 0.1) is 5.82 Å².